The van der Waals surface area contributed by atoms with E-state index in [2.05, 4.69) is 29.6 Å². The van der Waals surface area contributed by atoms with Crippen LogP contribution in [0.2, 0.25) is 0 Å². The molecule has 7 nitrogen and oxygen atoms in total. The predicted octanol–water partition coefficient (Wildman–Crippen LogP) is 0.639. The zero-order valence-corrected chi connectivity index (χ0v) is 14.7. The molecule has 1 fully saturated rings. The summed E-state index contributed by atoms with van der Waals surface area (Å²) in [5.74, 6) is 0.342. The highest BCUT2D eigenvalue weighted by Gasteiger charge is 2.38. The molecule has 2 aliphatic rings. The summed E-state index contributed by atoms with van der Waals surface area (Å²) in [5, 5.41) is 10.9. The fourth-order valence-electron chi connectivity index (χ4n) is 3.59. The minimum absolute atomic E-state index is 0.0109. The first-order chi connectivity index (χ1) is 11.5. The van der Waals surface area contributed by atoms with Crippen molar-refractivity contribution in [2.45, 2.75) is 57.9 Å². The topological polar surface area (TPSA) is 94.2 Å². The van der Waals surface area contributed by atoms with Crippen molar-refractivity contribution in [3.05, 3.63) is 17.5 Å². The lowest BCUT2D eigenvalue weighted by Crippen LogP contribution is -2.49. The molecule has 2 aliphatic heterocycles. The lowest BCUT2D eigenvalue weighted by molar-refractivity contribution is -0.109. The second-order valence-electron chi connectivity index (χ2n) is 7.44. The van der Waals surface area contributed by atoms with Gasteiger partial charge in [0.1, 0.15) is 0 Å². The molecule has 1 spiro atoms. The Kier molecular flexibility index (Phi) is 5.22. The van der Waals surface area contributed by atoms with Crippen LogP contribution in [-0.2, 0) is 17.9 Å². The van der Waals surface area contributed by atoms with Crippen molar-refractivity contribution in [1.82, 2.24) is 20.4 Å². The van der Waals surface area contributed by atoms with Crippen molar-refractivity contribution < 1.29 is 9.53 Å². The lowest BCUT2D eigenvalue weighted by atomic mass is 9.91. The average Bonchev–Trinajstić information content (AvgIpc) is 2.97. The van der Waals surface area contributed by atoms with Crippen molar-refractivity contribution >= 4 is 5.91 Å². The molecular formula is C17H29N5O2. The number of carbonyl (C=O) groups is 1. The van der Waals surface area contributed by atoms with Gasteiger partial charge in [0.15, 0.2) is 5.69 Å². The number of amides is 1. The molecule has 0 aromatic carbocycles. The number of nitrogens with one attached hydrogen (secondary N) is 2. The summed E-state index contributed by atoms with van der Waals surface area (Å²) in [6.45, 7) is 7.88. The zero-order chi connectivity index (χ0) is 17.2. The minimum atomic E-state index is -0.146. The second-order valence-corrected chi connectivity index (χ2v) is 7.44. The molecule has 0 radical (unpaired) electrons. The summed E-state index contributed by atoms with van der Waals surface area (Å²) in [7, 11) is 0. The summed E-state index contributed by atoms with van der Waals surface area (Å²) >= 11 is 0. The smallest absolute Gasteiger partial charge is 0.272 e. The summed E-state index contributed by atoms with van der Waals surface area (Å²) in [6, 6.07) is 1.83. The van der Waals surface area contributed by atoms with Gasteiger partial charge in [-0.1, -0.05) is 13.8 Å². The summed E-state index contributed by atoms with van der Waals surface area (Å²) in [5.41, 5.74) is 7.07. The molecule has 0 saturated carbocycles. The fourth-order valence-corrected chi connectivity index (χ4v) is 3.59. The maximum Gasteiger partial charge on any atom is 0.272 e. The molecule has 134 valence electrons. The Hall–Kier alpha value is -1.44. The Morgan fingerprint density at radius 1 is 1.50 bits per heavy atom. The van der Waals surface area contributed by atoms with E-state index in [1.54, 1.807) is 0 Å². The maximum absolute atomic E-state index is 12.5. The quantitative estimate of drug-likeness (QED) is 0.734. The highest BCUT2D eigenvalue weighted by atomic mass is 16.5. The number of nitrogens with zero attached hydrogens (tertiary/aromatic N) is 2. The van der Waals surface area contributed by atoms with Crippen LogP contribution in [0.25, 0.3) is 0 Å². The van der Waals surface area contributed by atoms with Gasteiger partial charge in [0, 0.05) is 12.6 Å². The van der Waals surface area contributed by atoms with Crippen LogP contribution in [0.4, 0.5) is 0 Å². The second kappa shape index (κ2) is 7.21. The van der Waals surface area contributed by atoms with Gasteiger partial charge in [-0.05, 0) is 44.3 Å². The molecule has 7 heteroatoms. The van der Waals surface area contributed by atoms with E-state index in [4.69, 9.17) is 10.5 Å². The number of rotatable bonds is 5. The molecular weight excluding hydrogens is 306 g/mol. The predicted molar refractivity (Wildman–Crippen MR) is 91.6 cm³/mol. The average molecular weight is 335 g/mol. The third-order valence-electron chi connectivity index (χ3n) is 4.95. The number of piperidine rings is 1. The van der Waals surface area contributed by atoms with E-state index in [0.29, 0.717) is 24.8 Å². The molecule has 4 N–H and O–H groups in total. The fraction of sp³-hybridized carbons (Fsp3) is 0.765. The lowest BCUT2D eigenvalue weighted by Gasteiger charge is -2.40. The van der Waals surface area contributed by atoms with Crippen molar-refractivity contribution in [3.8, 4) is 0 Å². The molecule has 1 aromatic heterocycles. The third kappa shape index (κ3) is 3.79. The van der Waals surface area contributed by atoms with E-state index in [0.717, 1.165) is 44.6 Å². The molecule has 0 bridgehead atoms. The number of hydrogen-bond acceptors (Lipinski definition) is 5. The van der Waals surface area contributed by atoms with Crippen LogP contribution in [-0.4, -0.2) is 47.0 Å². The zero-order valence-electron chi connectivity index (χ0n) is 14.7. The first-order valence-electron chi connectivity index (χ1n) is 8.94. The van der Waals surface area contributed by atoms with Crippen LogP contribution >= 0.6 is 0 Å². The molecule has 1 saturated heterocycles. The SMILES string of the molecule is CC(C)CC(CN)NC(=O)c1cc2n(n1)CC1(CCNCC1)OC2. The van der Waals surface area contributed by atoms with Crippen LogP contribution in [0, 0.1) is 5.92 Å². The highest BCUT2D eigenvalue weighted by molar-refractivity contribution is 5.92. The van der Waals surface area contributed by atoms with Crippen LogP contribution < -0.4 is 16.4 Å². The van der Waals surface area contributed by atoms with Crippen LogP contribution in [0.15, 0.2) is 6.07 Å². The van der Waals surface area contributed by atoms with E-state index in [1.807, 2.05) is 10.7 Å². The summed E-state index contributed by atoms with van der Waals surface area (Å²) < 4.78 is 8.08. The molecule has 1 amide bonds. The highest BCUT2D eigenvalue weighted by Crippen LogP contribution is 2.31. The van der Waals surface area contributed by atoms with Crippen LogP contribution in [0.5, 0.6) is 0 Å². The normalized spacial score (nSPS) is 20.8. The Morgan fingerprint density at radius 2 is 2.25 bits per heavy atom. The van der Waals surface area contributed by atoms with E-state index in [1.165, 1.54) is 0 Å². The summed E-state index contributed by atoms with van der Waals surface area (Å²) in [4.78, 5) is 12.5. The van der Waals surface area contributed by atoms with Gasteiger partial charge in [0.05, 0.1) is 24.4 Å². The largest absolute Gasteiger partial charge is 0.367 e. The Morgan fingerprint density at radius 3 is 2.92 bits per heavy atom. The Balaban J connectivity index is 1.67. The number of nitrogens with two attached hydrogens (primary N) is 1. The molecule has 1 aromatic rings. The number of carbonyl (C=O) groups excluding carboxylic acids is 1. The first kappa shape index (κ1) is 17.4. The third-order valence-corrected chi connectivity index (χ3v) is 4.95. The molecule has 1 atom stereocenters. The molecule has 24 heavy (non-hydrogen) atoms. The van der Waals surface area contributed by atoms with Crippen molar-refractivity contribution in [2.75, 3.05) is 19.6 Å². The standard InChI is InChI=1S/C17H29N5O2/c1-12(2)7-13(9-18)20-16(23)15-8-14-10-24-17(11-22(14)21-15)3-5-19-6-4-17/h8,12-13,19H,3-7,9-11,18H2,1-2H3,(H,20,23). The minimum Gasteiger partial charge on any atom is -0.367 e. The summed E-state index contributed by atoms with van der Waals surface area (Å²) in [6.07, 6.45) is 2.84. The molecule has 3 heterocycles. The maximum atomic E-state index is 12.5. The van der Waals surface area contributed by atoms with E-state index in [9.17, 15) is 4.79 Å². The number of hydrogen-bond donors (Lipinski definition) is 3. The van der Waals surface area contributed by atoms with Gasteiger partial charge in [0.2, 0.25) is 0 Å². The number of ether oxygens (including phenoxy) is 1. The molecule has 0 aliphatic carbocycles. The molecule has 3 rings (SSSR count). The number of fused-ring (bicyclic) bond motifs is 1. The van der Waals surface area contributed by atoms with Gasteiger partial charge in [-0.25, -0.2) is 0 Å². The van der Waals surface area contributed by atoms with Gasteiger partial charge in [-0.3, -0.25) is 9.48 Å². The van der Waals surface area contributed by atoms with E-state index < -0.39 is 0 Å². The Labute approximate surface area is 143 Å². The number of aromatic nitrogens is 2. The van der Waals surface area contributed by atoms with Crippen molar-refractivity contribution in [1.29, 1.82) is 0 Å². The molecule has 1 unspecified atom stereocenters. The Bertz CT molecular complexity index is 578. The monoisotopic (exact) mass is 335 g/mol. The van der Waals surface area contributed by atoms with E-state index >= 15 is 0 Å². The van der Waals surface area contributed by atoms with Gasteiger partial charge in [-0.15, -0.1) is 0 Å². The van der Waals surface area contributed by atoms with Gasteiger partial charge >= 0.3 is 0 Å². The van der Waals surface area contributed by atoms with Gasteiger partial charge < -0.3 is 21.1 Å². The van der Waals surface area contributed by atoms with Crippen LogP contribution in [0.1, 0.15) is 49.3 Å². The first-order valence-corrected chi connectivity index (χ1v) is 8.94. The van der Waals surface area contributed by atoms with Crippen molar-refractivity contribution in [3.63, 3.8) is 0 Å². The van der Waals surface area contributed by atoms with Crippen LogP contribution in [0.3, 0.4) is 0 Å². The van der Waals surface area contributed by atoms with Gasteiger partial charge in [-0.2, -0.15) is 5.10 Å². The van der Waals surface area contributed by atoms with E-state index in [-0.39, 0.29) is 17.6 Å². The van der Waals surface area contributed by atoms with Gasteiger partial charge in [0.25, 0.3) is 5.91 Å². The van der Waals surface area contributed by atoms with Crippen molar-refractivity contribution in [2.24, 2.45) is 11.7 Å².